The van der Waals surface area contributed by atoms with E-state index in [1.807, 2.05) is 0 Å². The zero-order chi connectivity index (χ0) is 8.55. The molecule has 1 saturated heterocycles. The predicted molar refractivity (Wildman–Crippen MR) is 43.5 cm³/mol. The van der Waals surface area contributed by atoms with E-state index >= 15 is 0 Å². The molecule has 0 aromatic carbocycles. The highest BCUT2D eigenvalue weighted by molar-refractivity contribution is 5.89. The van der Waals surface area contributed by atoms with Gasteiger partial charge in [0.25, 0.3) is 0 Å². The number of nitrogens with one attached hydrogen (secondary N) is 1. The van der Waals surface area contributed by atoms with Crippen LogP contribution in [-0.2, 0) is 9.59 Å². The van der Waals surface area contributed by atoms with E-state index in [0.29, 0.717) is 12.8 Å². The van der Waals surface area contributed by atoms with Gasteiger partial charge in [0, 0.05) is 24.8 Å². The molecular formula is C9H13NO2. The van der Waals surface area contributed by atoms with Crippen LogP contribution < -0.4 is 5.32 Å². The average molecular weight is 167 g/mol. The summed E-state index contributed by atoms with van der Waals surface area (Å²) in [5, 5.41) is 2.91. The Bertz CT molecular complexity index is 225. The van der Waals surface area contributed by atoms with Gasteiger partial charge in [-0.15, -0.1) is 0 Å². The Morgan fingerprint density at radius 3 is 2.83 bits per heavy atom. The van der Waals surface area contributed by atoms with Crippen molar-refractivity contribution in [3.8, 4) is 0 Å². The van der Waals surface area contributed by atoms with Crippen LogP contribution in [-0.4, -0.2) is 17.7 Å². The second-order valence-corrected chi connectivity index (χ2v) is 3.68. The zero-order valence-electron chi connectivity index (χ0n) is 7.01. The van der Waals surface area contributed by atoms with Crippen LogP contribution in [0.15, 0.2) is 0 Å². The lowest BCUT2D eigenvalue weighted by molar-refractivity contribution is -0.124. The third-order valence-corrected chi connectivity index (χ3v) is 2.87. The van der Waals surface area contributed by atoms with Gasteiger partial charge >= 0.3 is 0 Å². The van der Waals surface area contributed by atoms with E-state index in [1.165, 1.54) is 0 Å². The van der Waals surface area contributed by atoms with Gasteiger partial charge < -0.3 is 5.32 Å². The van der Waals surface area contributed by atoms with Crippen LogP contribution in [0, 0.1) is 5.92 Å². The minimum Gasteiger partial charge on any atom is -0.353 e. The largest absolute Gasteiger partial charge is 0.353 e. The maximum absolute atomic E-state index is 11.4. The second kappa shape index (κ2) is 2.88. The summed E-state index contributed by atoms with van der Waals surface area (Å²) in [5.74, 6) is 0.477. The SMILES string of the molecule is O=C1CCC(=O)[C@H]2CCC[C@H]2N1. The lowest BCUT2D eigenvalue weighted by atomic mass is 9.97. The molecule has 0 aromatic rings. The number of hydrogen-bond acceptors (Lipinski definition) is 2. The van der Waals surface area contributed by atoms with Gasteiger partial charge in [0.2, 0.25) is 5.91 Å². The molecule has 0 unspecified atom stereocenters. The third kappa shape index (κ3) is 1.24. The Morgan fingerprint density at radius 2 is 2.00 bits per heavy atom. The summed E-state index contributed by atoms with van der Waals surface area (Å²) in [6, 6.07) is 0.160. The van der Waals surface area contributed by atoms with Gasteiger partial charge in [0.1, 0.15) is 5.78 Å². The number of rotatable bonds is 0. The number of carbonyl (C=O) groups is 2. The molecule has 0 bridgehead atoms. The molecule has 2 aliphatic rings. The molecule has 1 heterocycles. The first-order chi connectivity index (χ1) is 5.77. The molecule has 66 valence electrons. The number of amides is 1. The minimum atomic E-state index is 0.0535. The highest BCUT2D eigenvalue weighted by Crippen LogP contribution is 2.29. The quantitative estimate of drug-likeness (QED) is 0.575. The Hall–Kier alpha value is -0.860. The highest BCUT2D eigenvalue weighted by Gasteiger charge is 2.35. The fourth-order valence-electron chi connectivity index (χ4n) is 2.22. The van der Waals surface area contributed by atoms with E-state index in [4.69, 9.17) is 0 Å². The molecule has 0 spiro atoms. The van der Waals surface area contributed by atoms with Gasteiger partial charge in [-0.25, -0.2) is 0 Å². The number of hydrogen-bond donors (Lipinski definition) is 1. The molecule has 0 aromatic heterocycles. The maximum Gasteiger partial charge on any atom is 0.220 e. The standard InChI is InChI=1S/C9H13NO2/c11-8-4-5-9(12)10-7-3-1-2-6(7)8/h6-7H,1-5H2,(H,10,12)/t6-,7+/m0/s1. The van der Waals surface area contributed by atoms with E-state index in [-0.39, 0.29) is 23.7 Å². The number of Topliss-reactive ketones (excluding diaryl/α,β-unsaturated/α-hetero) is 1. The van der Waals surface area contributed by atoms with Crippen LogP contribution in [0.2, 0.25) is 0 Å². The molecular weight excluding hydrogens is 154 g/mol. The van der Waals surface area contributed by atoms with Crippen molar-refractivity contribution in [1.29, 1.82) is 0 Å². The van der Waals surface area contributed by atoms with Crippen molar-refractivity contribution in [2.24, 2.45) is 5.92 Å². The zero-order valence-corrected chi connectivity index (χ0v) is 7.01. The Labute approximate surface area is 71.5 Å². The number of fused-ring (bicyclic) bond motifs is 1. The van der Waals surface area contributed by atoms with Crippen molar-refractivity contribution in [2.75, 3.05) is 0 Å². The number of ketones is 1. The first kappa shape index (κ1) is 7.77. The van der Waals surface area contributed by atoms with E-state index in [1.54, 1.807) is 0 Å². The summed E-state index contributed by atoms with van der Waals surface area (Å²) >= 11 is 0. The normalized spacial score (nSPS) is 35.7. The molecule has 3 nitrogen and oxygen atoms in total. The molecule has 2 atom stereocenters. The van der Waals surface area contributed by atoms with Crippen LogP contribution in [0.5, 0.6) is 0 Å². The maximum atomic E-state index is 11.4. The van der Waals surface area contributed by atoms with E-state index in [2.05, 4.69) is 5.32 Å². The summed E-state index contributed by atoms with van der Waals surface area (Å²) < 4.78 is 0. The van der Waals surface area contributed by atoms with E-state index in [9.17, 15) is 9.59 Å². The molecule has 12 heavy (non-hydrogen) atoms. The fourth-order valence-corrected chi connectivity index (χ4v) is 2.22. The summed E-state index contributed by atoms with van der Waals surface area (Å²) in [6.07, 6.45) is 3.89. The molecule has 0 radical (unpaired) electrons. The van der Waals surface area contributed by atoms with Gasteiger partial charge in [-0.05, 0) is 12.8 Å². The van der Waals surface area contributed by atoms with E-state index < -0.39 is 0 Å². The van der Waals surface area contributed by atoms with Crippen LogP contribution in [0.1, 0.15) is 32.1 Å². The molecule has 2 rings (SSSR count). The summed E-state index contributed by atoms with van der Waals surface area (Å²) in [4.78, 5) is 22.6. The smallest absolute Gasteiger partial charge is 0.220 e. The van der Waals surface area contributed by atoms with Crippen molar-refractivity contribution in [1.82, 2.24) is 5.32 Å². The second-order valence-electron chi connectivity index (χ2n) is 3.68. The fraction of sp³-hybridized carbons (Fsp3) is 0.778. The minimum absolute atomic E-state index is 0.0535. The van der Waals surface area contributed by atoms with Gasteiger partial charge in [0.15, 0.2) is 0 Å². The first-order valence-corrected chi connectivity index (χ1v) is 4.59. The summed E-state index contributed by atoms with van der Waals surface area (Å²) in [6.45, 7) is 0. The number of carbonyl (C=O) groups excluding carboxylic acids is 2. The van der Waals surface area contributed by atoms with Crippen LogP contribution in [0.25, 0.3) is 0 Å². The Morgan fingerprint density at radius 1 is 1.17 bits per heavy atom. The average Bonchev–Trinajstić information content (AvgIpc) is 2.44. The van der Waals surface area contributed by atoms with Crippen LogP contribution in [0.3, 0.4) is 0 Å². The molecule has 1 N–H and O–H groups in total. The van der Waals surface area contributed by atoms with Crippen molar-refractivity contribution in [2.45, 2.75) is 38.1 Å². The van der Waals surface area contributed by atoms with Crippen LogP contribution >= 0.6 is 0 Å². The third-order valence-electron chi connectivity index (χ3n) is 2.87. The van der Waals surface area contributed by atoms with Crippen molar-refractivity contribution >= 4 is 11.7 Å². The molecule has 2 fully saturated rings. The van der Waals surface area contributed by atoms with Gasteiger partial charge in [-0.3, -0.25) is 9.59 Å². The molecule has 1 aliphatic carbocycles. The highest BCUT2D eigenvalue weighted by atomic mass is 16.2. The molecule has 1 aliphatic heterocycles. The summed E-state index contributed by atoms with van der Waals surface area (Å²) in [7, 11) is 0. The first-order valence-electron chi connectivity index (χ1n) is 4.59. The summed E-state index contributed by atoms with van der Waals surface area (Å²) in [5.41, 5.74) is 0. The van der Waals surface area contributed by atoms with Gasteiger partial charge in [0.05, 0.1) is 0 Å². The Balaban J connectivity index is 2.15. The topological polar surface area (TPSA) is 46.2 Å². The predicted octanol–water partition coefficient (Wildman–Crippen LogP) is 0.634. The lowest BCUT2D eigenvalue weighted by Gasteiger charge is -2.14. The van der Waals surface area contributed by atoms with Gasteiger partial charge in [-0.2, -0.15) is 0 Å². The van der Waals surface area contributed by atoms with E-state index in [0.717, 1.165) is 19.3 Å². The van der Waals surface area contributed by atoms with Crippen LogP contribution in [0.4, 0.5) is 0 Å². The molecule has 1 amide bonds. The molecule has 3 heteroatoms. The van der Waals surface area contributed by atoms with Crippen molar-refractivity contribution in [3.05, 3.63) is 0 Å². The van der Waals surface area contributed by atoms with Gasteiger partial charge in [-0.1, -0.05) is 6.42 Å². The Kier molecular flexibility index (Phi) is 1.87. The van der Waals surface area contributed by atoms with Crippen molar-refractivity contribution in [3.63, 3.8) is 0 Å². The lowest BCUT2D eigenvalue weighted by Crippen LogP contribution is -2.36. The van der Waals surface area contributed by atoms with Crippen molar-refractivity contribution < 1.29 is 9.59 Å². The molecule has 1 saturated carbocycles. The monoisotopic (exact) mass is 167 g/mol.